The summed E-state index contributed by atoms with van der Waals surface area (Å²) < 4.78 is 11.0. The maximum absolute atomic E-state index is 12.5. The highest BCUT2D eigenvalue weighted by atomic mass is 16.8. The lowest BCUT2D eigenvalue weighted by Crippen LogP contribution is -2.50. The van der Waals surface area contributed by atoms with Gasteiger partial charge in [0, 0.05) is 5.56 Å². The van der Waals surface area contributed by atoms with Gasteiger partial charge < -0.3 is 14.6 Å². The standard InChI is InChI=1S/C16H10O4/c17-15-11-6-2-4-8-14(11)20-16(18)12(15)9-10-5-1-3-7-13(10)19-16/h1-9,18H/t16-/m0/s1. The zero-order valence-corrected chi connectivity index (χ0v) is 10.4. The van der Waals surface area contributed by atoms with Crippen LogP contribution in [0.1, 0.15) is 15.9 Å². The molecule has 0 bridgehead atoms. The lowest BCUT2D eigenvalue weighted by atomic mass is 9.94. The summed E-state index contributed by atoms with van der Waals surface area (Å²) in [6.45, 7) is 0. The molecule has 4 rings (SSSR count). The smallest absolute Gasteiger partial charge is 0.403 e. The number of benzene rings is 2. The fourth-order valence-corrected chi connectivity index (χ4v) is 2.47. The number of ether oxygens (including phenoxy) is 2. The number of carbonyl (C=O) groups is 1. The Bertz CT molecular complexity index is 763. The predicted molar refractivity (Wildman–Crippen MR) is 71.4 cm³/mol. The molecule has 4 nitrogen and oxygen atoms in total. The Labute approximate surface area is 114 Å². The van der Waals surface area contributed by atoms with E-state index < -0.39 is 5.97 Å². The van der Waals surface area contributed by atoms with Crippen molar-refractivity contribution in [2.75, 3.05) is 0 Å². The number of ketones is 1. The maximum atomic E-state index is 12.5. The normalized spacial score (nSPS) is 22.6. The first-order valence-electron chi connectivity index (χ1n) is 6.23. The van der Waals surface area contributed by atoms with Crippen LogP contribution in [0, 0.1) is 0 Å². The van der Waals surface area contributed by atoms with E-state index in [1.54, 1.807) is 42.5 Å². The van der Waals surface area contributed by atoms with Gasteiger partial charge in [-0.15, -0.1) is 0 Å². The maximum Gasteiger partial charge on any atom is 0.403 e. The van der Waals surface area contributed by atoms with Gasteiger partial charge in [0.15, 0.2) is 0 Å². The van der Waals surface area contributed by atoms with Crippen LogP contribution in [0.2, 0.25) is 0 Å². The Kier molecular flexibility index (Phi) is 2.09. The number of carbonyl (C=O) groups excluding carboxylic acids is 1. The van der Waals surface area contributed by atoms with E-state index in [4.69, 9.17) is 9.47 Å². The molecule has 20 heavy (non-hydrogen) atoms. The van der Waals surface area contributed by atoms with Gasteiger partial charge in [0.05, 0.1) is 5.56 Å². The summed E-state index contributed by atoms with van der Waals surface area (Å²) in [5.74, 6) is -1.55. The molecule has 2 aliphatic rings. The van der Waals surface area contributed by atoms with Crippen LogP contribution in [0.4, 0.5) is 0 Å². The number of Topliss-reactive ketones (excluding diaryl/α,β-unsaturated/α-hetero) is 1. The first-order chi connectivity index (χ1) is 9.67. The molecule has 2 aliphatic heterocycles. The fourth-order valence-electron chi connectivity index (χ4n) is 2.47. The molecule has 2 heterocycles. The number of para-hydroxylation sites is 2. The molecule has 4 heteroatoms. The van der Waals surface area contributed by atoms with Crippen LogP contribution in [-0.4, -0.2) is 16.9 Å². The van der Waals surface area contributed by atoms with E-state index in [1.807, 2.05) is 12.1 Å². The second-order valence-corrected chi connectivity index (χ2v) is 4.71. The van der Waals surface area contributed by atoms with E-state index in [2.05, 4.69) is 0 Å². The highest BCUT2D eigenvalue weighted by Crippen LogP contribution is 2.41. The van der Waals surface area contributed by atoms with Crippen molar-refractivity contribution in [2.24, 2.45) is 0 Å². The molecular weight excluding hydrogens is 256 g/mol. The van der Waals surface area contributed by atoms with Gasteiger partial charge in [0.1, 0.15) is 17.1 Å². The quantitative estimate of drug-likeness (QED) is 0.795. The van der Waals surface area contributed by atoms with E-state index in [0.29, 0.717) is 17.1 Å². The van der Waals surface area contributed by atoms with Crippen molar-refractivity contribution in [3.63, 3.8) is 0 Å². The number of rotatable bonds is 0. The fraction of sp³-hybridized carbons (Fsp3) is 0.0625. The van der Waals surface area contributed by atoms with Crippen LogP contribution >= 0.6 is 0 Å². The van der Waals surface area contributed by atoms with E-state index in [9.17, 15) is 9.90 Å². The lowest BCUT2D eigenvalue weighted by molar-refractivity contribution is -0.243. The summed E-state index contributed by atoms with van der Waals surface area (Å²) in [5.41, 5.74) is 1.25. The molecule has 0 amide bonds. The van der Waals surface area contributed by atoms with Gasteiger partial charge in [-0.05, 0) is 24.3 Å². The van der Waals surface area contributed by atoms with Crippen LogP contribution < -0.4 is 9.47 Å². The van der Waals surface area contributed by atoms with Gasteiger partial charge in [-0.2, -0.15) is 0 Å². The minimum atomic E-state index is -2.06. The number of fused-ring (bicyclic) bond motifs is 3. The Morgan fingerprint density at radius 3 is 2.40 bits per heavy atom. The molecule has 0 aromatic heterocycles. The Morgan fingerprint density at radius 1 is 0.900 bits per heavy atom. The van der Waals surface area contributed by atoms with Gasteiger partial charge in [-0.1, -0.05) is 30.3 Å². The van der Waals surface area contributed by atoms with E-state index >= 15 is 0 Å². The molecule has 1 atom stereocenters. The van der Waals surface area contributed by atoms with Gasteiger partial charge >= 0.3 is 5.97 Å². The largest absolute Gasteiger partial charge is 0.426 e. The molecule has 0 radical (unpaired) electrons. The lowest BCUT2D eigenvalue weighted by Gasteiger charge is -2.37. The molecule has 98 valence electrons. The first kappa shape index (κ1) is 11.3. The monoisotopic (exact) mass is 266 g/mol. The summed E-state index contributed by atoms with van der Waals surface area (Å²) in [6.07, 6.45) is 1.61. The van der Waals surface area contributed by atoms with Crippen molar-refractivity contribution in [2.45, 2.75) is 5.97 Å². The number of hydrogen-bond donors (Lipinski definition) is 1. The molecule has 0 fully saturated rings. The molecule has 0 spiro atoms. The minimum absolute atomic E-state index is 0.0925. The van der Waals surface area contributed by atoms with Crippen molar-refractivity contribution < 1.29 is 19.4 Å². The molecule has 1 N–H and O–H groups in total. The summed E-state index contributed by atoms with van der Waals surface area (Å²) in [7, 11) is 0. The molecule has 2 aromatic rings. The van der Waals surface area contributed by atoms with Gasteiger partial charge in [-0.3, -0.25) is 4.79 Å². The van der Waals surface area contributed by atoms with Crippen molar-refractivity contribution in [3.8, 4) is 11.5 Å². The third kappa shape index (κ3) is 1.42. The highest BCUT2D eigenvalue weighted by Gasteiger charge is 2.49. The van der Waals surface area contributed by atoms with E-state index in [0.717, 1.165) is 5.56 Å². The van der Waals surface area contributed by atoms with Crippen LogP contribution in [0.15, 0.2) is 54.1 Å². The first-order valence-corrected chi connectivity index (χ1v) is 6.23. The highest BCUT2D eigenvalue weighted by molar-refractivity contribution is 6.15. The van der Waals surface area contributed by atoms with Crippen LogP contribution in [-0.2, 0) is 0 Å². The Hall–Kier alpha value is -2.59. The minimum Gasteiger partial charge on any atom is -0.426 e. The Morgan fingerprint density at radius 2 is 1.55 bits per heavy atom. The van der Waals surface area contributed by atoms with Crippen LogP contribution in [0.3, 0.4) is 0 Å². The average Bonchev–Trinajstić information content (AvgIpc) is 2.45. The molecule has 0 aliphatic carbocycles. The van der Waals surface area contributed by atoms with E-state index in [1.165, 1.54) is 0 Å². The van der Waals surface area contributed by atoms with Gasteiger partial charge in [-0.25, -0.2) is 0 Å². The van der Waals surface area contributed by atoms with Crippen molar-refractivity contribution in [1.29, 1.82) is 0 Å². The molecule has 2 aromatic carbocycles. The number of hydrogen-bond acceptors (Lipinski definition) is 4. The second kappa shape index (κ2) is 3.71. The zero-order valence-electron chi connectivity index (χ0n) is 10.4. The Balaban J connectivity index is 1.94. The summed E-state index contributed by atoms with van der Waals surface area (Å²) in [5, 5.41) is 10.5. The molecule has 0 unspecified atom stereocenters. The summed E-state index contributed by atoms with van der Waals surface area (Å²) in [4.78, 5) is 12.5. The van der Waals surface area contributed by atoms with E-state index in [-0.39, 0.29) is 11.4 Å². The molecular formula is C16H10O4. The number of aliphatic hydroxyl groups is 1. The zero-order chi connectivity index (χ0) is 13.7. The third-order valence-electron chi connectivity index (χ3n) is 3.43. The SMILES string of the molecule is O=C1C2=Cc3ccccc3O[C@]2(O)Oc2ccccc21. The second-order valence-electron chi connectivity index (χ2n) is 4.71. The van der Waals surface area contributed by atoms with Crippen LogP contribution in [0.5, 0.6) is 11.5 Å². The molecule has 0 saturated carbocycles. The van der Waals surface area contributed by atoms with Crippen molar-refractivity contribution in [3.05, 3.63) is 65.2 Å². The van der Waals surface area contributed by atoms with Crippen molar-refractivity contribution in [1.82, 2.24) is 0 Å². The summed E-state index contributed by atoms with van der Waals surface area (Å²) >= 11 is 0. The molecule has 0 saturated heterocycles. The summed E-state index contributed by atoms with van der Waals surface area (Å²) in [6, 6.07) is 13.9. The third-order valence-corrected chi connectivity index (χ3v) is 3.43. The van der Waals surface area contributed by atoms with Crippen molar-refractivity contribution >= 4 is 11.9 Å². The van der Waals surface area contributed by atoms with Crippen LogP contribution in [0.25, 0.3) is 6.08 Å². The average molecular weight is 266 g/mol. The predicted octanol–water partition coefficient (Wildman–Crippen LogP) is 2.38. The van der Waals surface area contributed by atoms with Gasteiger partial charge in [0.25, 0.3) is 0 Å². The van der Waals surface area contributed by atoms with Gasteiger partial charge in [0.2, 0.25) is 5.78 Å². The topological polar surface area (TPSA) is 55.8 Å².